The second kappa shape index (κ2) is 8.97. The van der Waals surface area contributed by atoms with E-state index < -0.39 is 24.2 Å². The normalized spacial score (nSPS) is 13.1. The van der Waals surface area contributed by atoms with Crippen LogP contribution in [0.4, 0.5) is 4.79 Å². The lowest BCUT2D eigenvalue weighted by Gasteiger charge is -2.21. The van der Waals surface area contributed by atoms with Gasteiger partial charge in [-0.15, -0.1) is 0 Å². The van der Waals surface area contributed by atoms with Crippen LogP contribution in [0.5, 0.6) is 0 Å². The number of aliphatic hydroxyl groups is 1. The first kappa shape index (κ1) is 17.0. The zero-order valence-electron chi connectivity index (χ0n) is 12.2. The summed E-state index contributed by atoms with van der Waals surface area (Å²) in [6.45, 7) is 3.68. The van der Waals surface area contributed by atoms with E-state index in [1.165, 1.54) is 0 Å². The molecule has 0 bridgehead atoms. The highest BCUT2D eigenvalue weighted by atomic mass is 16.6. The van der Waals surface area contributed by atoms with Crippen molar-refractivity contribution in [3.63, 3.8) is 0 Å². The van der Waals surface area contributed by atoms with Crippen LogP contribution >= 0.6 is 0 Å². The van der Waals surface area contributed by atoms with Crippen LogP contribution in [-0.4, -0.2) is 35.9 Å². The van der Waals surface area contributed by atoms with Gasteiger partial charge in [0.1, 0.15) is 6.61 Å². The number of alkyl carbamates (subject to hydrolysis) is 1. The number of hydrogen-bond acceptors (Lipinski definition) is 5. The van der Waals surface area contributed by atoms with Crippen LogP contribution in [0.3, 0.4) is 0 Å². The highest BCUT2D eigenvalue weighted by molar-refractivity contribution is 5.77. The van der Waals surface area contributed by atoms with Gasteiger partial charge in [-0.05, 0) is 18.9 Å². The molecule has 1 rings (SSSR count). The Balaban J connectivity index is 2.45. The number of ether oxygens (including phenoxy) is 2. The first-order valence-electron chi connectivity index (χ1n) is 6.90. The van der Waals surface area contributed by atoms with Crippen LogP contribution < -0.4 is 5.32 Å². The van der Waals surface area contributed by atoms with Crippen LogP contribution in [0, 0.1) is 0 Å². The Morgan fingerprint density at radius 3 is 2.43 bits per heavy atom. The van der Waals surface area contributed by atoms with Crippen LogP contribution in [0.25, 0.3) is 0 Å². The van der Waals surface area contributed by atoms with Crippen molar-refractivity contribution in [3.8, 4) is 0 Å². The van der Waals surface area contributed by atoms with E-state index in [-0.39, 0.29) is 13.2 Å². The standard InChI is InChI=1S/C15H21NO5/c1-3-12(13(17)14(18)20-4-2)16-15(19)21-10-11-8-6-5-7-9-11/h5-9,12-13,17H,3-4,10H2,1-2H3,(H,16,19)/t12-,13?/m0/s1. The fourth-order valence-corrected chi connectivity index (χ4v) is 1.71. The smallest absolute Gasteiger partial charge is 0.407 e. The number of benzene rings is 1. The van der Waals surface area contributed by atoms with Gasteiger partial charge in [-0.1, -0.05) is 37.3 Å². The minimum atomic E-state index is -1.40. The predicted molar refractivity (Wildman–Crippen MR) is 76.5 cm³/mol. The maximum absolute atomic E-state index is 11.7. The van der Waals surface area contributed by atoms with E-state index in [1.807, 2.05) is 30.3 Å². The van der Waals surface area contributed by atoms with Crippen LogP contribution in [0.2, 0.25) is 0 Å². The lowest BCUT2D eigenvalue weighted by molar-refractivity contribution is -0.154. The topological polar surface area (TPSA) is 84.9 Å². The molecule has 0 saturated carbocycles. The summed E-state index contributed by atoms with van der Waals surface area (Å²) in [7, 11) is 0. The summed E-state index contributed by atoms with van der Waals surface area (Å²) in [4.78, 5) is 23.1. The molecule has 0 heterocycles. The number of aliphatic hydroxyl groups excluding tert-OH is 1. The van der Waals surface area contributed by atoms with Crippen LogP contribution in [-0.2, 0) is 20.9 Å². The monoisotopic (exact) mass is 295 g/mol. The molecule has 0 spiro atoms. The quantitative estimate of drug-likeness (QED) is 0.747. The predicted octanol–water partition coefficient (Wildman–Crippen LogP) is 1.62. The van der Waals surface area contributed by atoms with Crippen molar-refractivity contribution < 1.29 is 24.2 Å². The molecule has 21 heavy (non-hydrogen) atoms. The molecule has 2 N–H and O–H groups in total. The van der Waals surface area contributed by atoms with Crippen molar-refractivity contribution in [2.45, 2.75) is 39.0 Å². The van der Waals surface area contributed by atoms with Gasteiger partial charge >= 0.3 is 12.1 Å². The SMILES string of the molecule is CCOC(=O)C(O)[C@H](CC)NC(=O)OCc1ccccc1. The number of carbonyl (C=O) groups is 2. The van der Waals surface area contributed by atoms with Gasteiger partial charge in [0.15, 0.2) is 6.10 Å². The maximum atomic E-state index is 11.7. The average Bonchev–Trinajstić information content (AvgIpc) is 2.51. The van der Waals surface area contributed by atoms with Gasteiger partial charge < -0.3 is 19.9 Å². The van der Waals surface area contributed by atoms with Gasteiger partial charge in [0.05, 0.1) is 12.6 Å². The summed E-state index contributed by atoms with van der Waals surface area (Å²) < 4.78 is 9.75. The summed E-state index contributed by atoms with van der Waals surface area (Å²) in [5.41, 5.74) is 0.853. The van der Waals surface area contributed by atoms with E-state index >= 15 is 0 Å². The molecule has 1 amide bonds. The van der Waals surface area contributed by atoms with E-state index in [4.69, 9.17) is 9.47 Å². The molecule has 0 fully saturated rings. The second-order valence-electron chi connectivity index (χ2n) is 4.42. The van der Waals surface area contributed by atoms with Crippen molar-refractivity contribution in [2.24, 2.45) is 0 Å². The Morgan fingerprint density at radius 2 is 1.86 bits per heavy atom. The highest BCUT2D eigenvalue weighted by Gasteiger charge is 2.27. The third-order valence-corrected chi connectivity index (χ3v) is 2.87. The summed E-state index contributed by atoms with van der Waals surface area (Å²) in [5, 5.41) is 12.3. The maximum Gasteiger partial charge on any atom is 0.407 e. The van der Waals surface area contributed by atoms with Gasteiger partial charge in [-0.3, -0.25) is 0 Å². The number of carbonyl (C=O) groups excluding carboxylic acids is 2. The largest absolute Gasteiger partial charge is 0.464 e. The van der Waals surface area contributed by atoms with Crippen LogP contribution in [0.1, 0.15) is 25.8 Å². The average molecular weight is 295 g/mol. The number of hydrogen-bond donors (Lipinski definition) is 2. The Kier molecular flexibility index (Phi) is 7.25. The molecule has 1 aromatic carbocycles. The molecule has 0 aromatic heterocycles. The summed E-state index contributed by atoms with van der Waals surface area (Å²) in [5.74, 6) is -0.757. The molecule has 0 radical (unpaired) electrons. The van der Waals surface area contributed by atoms with Gasteiger partial charge in [0, 0.05) is 0 Å². The lowest BCUT2D eigenvalue weighted by atomic mass is 10.1. The summed E-state index contributed by atoms with van der Waals surface area (Å²) in [6.07, 6.45) is -1.71. The third-order valence-electron chi connectivity index (χ3n) is 2.87. The van der Waals surface area contributed by atoms with E-state index in [0.29, 0.717) is 6.42 Å². The van der Waals surface area contributed by atoms with Crippen LogP contribution in [0.15, 0.2) is 30.3 Å². The number of esters is 1. The van der Waals surface area contributed by atoms with Gasteiger partial charge in [0.25, 0.3) is 0 Å². The third kappa shape index (κ3) is 5.83. The van der Waals surface area contributed by atoms with Gasteiger partial charge in [-0.25, -0.2) is 9.59 Å². The molecule has 1 unspecified atom stereocenters. The van der Waals surface area contributed by atoms with E-state index in [2.05, 4.69) is 5.32 Å². The Labute approximate surface area is 124 Å². The molecule has 0 aliphatic heterocycles. The minimum absolute atomic E-state index is 0.124. The molecular formula is C15H21NO5. The molecule has 0 aliphatic carbocycles. The Bertz CT molecular complexity index is 449. The zero-order valence-corrected chi connectivity index (χ0v) is 12.2. The molecule has 0 aliphatic rings. The van der Waals surface area contributed by atoms with Crippen molar-refractivity contribution in [2.75, 3.05) is 6.61 Å². The molecule has 1 aromatic rings. The van der Waals surface area contributed by atoms with Crippen molar-refractivity contribution in [1.82, 2.24) is 5.32 Å². The van der Waals surface area contributed by atoms with E-state index in [1.54, 1.807) is 13.8 Å². The van der Waals surface area contributed by atoms with Gasteiger partial charge in [-0.2, -0.15) is 0 Å². The van der Waals surface area contributed by atoms with Crippen molar-refractivity contribution in [3.05, 3.63) is 35.9 Å². The molecule has 6 nitrogen and oxygen atoms in total. The number of nitrogens with one attached hydrogen (secondary N) is 1. The molecule has 6 heteroatoms. The second-order valence-corrected chi connectivity index (χ2v) is 4.42. The summed E-state index contributed by atoms with van der Waals surface area (Å²) >= 11 is 0. The molecule has 116 valence electrons. The number of amides is 1. The van der Waals surface area contributed by atoms with Crippen molar-refractivity contribution in [1.29, 1.82) is 0 Å². The molecule has 0 saturated heterocycles. The molecular weight excluding hydrogens is 274 g/mol. The zero-order chi connectivity index (χ0) is 15.7. The Hall–Kier alpha value is -2.08. The number of rotatable bonds is 7. The fraction of sp³-hybridized carbons (Fsp3) is 0.467. The lowest BCUT2D eigenvalue weighted by Crippen LogP contribution is -2.47. The fourth-order valence-electron chi connectivity index (χ4n) is 1.71. The van der Waals surface area contributed by atoms with E-state index in [9.17, 15) is 14.7 Å². The summed E-state index contributed by atoms with van der Waals surface area (Å²) in [6, 6.07) is 8.47. The van der Waals surface area contributed by atoms with Gasteiger partial charge in [0.2, 0.25) is 0 Å². The minimum Gasteiger partial charge on any atom is -0.464 e. The highest BCUT2D eigenvalue weighted by Crippen LogP contribution is 2.04. The first-order chi connectivity index (χ1) is 10.1. The first-order valence-corrected chi connectivity index (χ1v) is 6.90. The molecule has 2 atom stereocenters. The van der Waals surface area contributed by atoms with Crippen molar-refractivity contribution >= 4 is 12.1 Å². The van der Waals surface area contributed by atoms with E-state index in [0.717, 1.165) is 5.56 Å². The Morgan fingerprint density at radius 1 is 1.19 bits per heavy atom.